The molecule has 4 aromatic rings. The van der Waals surface area contributed by atoms with E-state index in [1.165, 1.54) is 0 Å². The van der Waals surface area contributed by atoms with Crippen LogP contribution in [0.5, 0.6) is 17.2 Å². The maximum absolute atomic E-state index is 12.0. The summed E-state index contributed by atoms with van der Waals surface area (Å²) in [5.74, 6) is -0.151. The number of carbonyl (C=O) groups excluding carboxylic acids is 3. The van der Waals surface area contributed by atoms with Gasteiger partial charge in [0.1, 0.15) is 17.2 Å². The third-order valence-corrected chi connectivity index (χ3v) is 8.79. The van der Waals surface area contributed by atoms with E-state index in [4.69, 9.17) is 0 Å². The van der Waals surface area contributed by atoms with Crippen LogP contribution in [0.3, 0.4) is 0 Å². The highest BCUT2D eigenvalue weighted by molar-refractivity contribution is 5.83. The van der Waals surface area contributed by atoms with Gasteiger partial charge in [0, 0.05) is 11.3 Å². The van der Waals surface area contributed by atoms with Crippen LogP contribution in [-0.4, -0.2) is 34.2 Å². The van der Waals surface area contributed by atoms with E-state index < -0.39 is 5.41 Å². The van der Waals surface area contributed by atoms with Gasteiger partial charge in [-0.25, -0.2) is 0 Å². The Kier molecular flexibility index (Phi) is 9.73. The first-order valence-corrected chi connectivity index (χ1v) is 15.0. The second kappa shape index (κ2) is 13.3. The summed E-state index contributed by atoms with van der Waals surface area (Å²) < 4.78 is 0. The number of benzene rings is 4. The Labute approximate surface area is 259 Å². The van der Waals surface area contributed by atoms with Gasteiger partial charge in [-0.05, 0) is 96.3 Å². The zero-order valence-corrected chi connectivity index (χ0v) is 26.0. The predicted octanol–water partition coefficient (Wildman–Crippen LogP) is 8.23. The van der Waals surface area contributed by atoms with E-state index in [0.29, 0.717) is 42.0 Å². The molecule has 0 aliphatic rings. The second-order valence-electron chi connectivity index (χ2n) is 11.7. The summed E-state index contributed by atoms with van der Waals surface area (Å²) in [5, 5.41) is 31.5. The maximum atomic E-state index is 12.0. The van der Waals surface area contributed by atoms with Crippen molar-refractivity contribution in [3.63, 3.8) is 0 Å². The van der Waals surface area contributed by atoms with Crippen molar-refractivity contribution in [2.24, 2.45) is 0 Å². The molecule has 6 nitrogen and oxygen atoms in total. The summed E-state index contributed by atoms with van der Waals surface area (Å²) in [4.78, 5) is 35.7. The molecule has 1 atom stereocenters. The lowest BCUT2D eigenvalue weighted by molar-refractivity contribution is 0.111. The Morgan fingerprint density at radius 1 is 0.591 bits per heavy atom. The highest BCUT2D eigenvalue weighted by atomic mass is 16.3. The van der Waals surface area contributed by atoms with Gasteiger partial charge in [-0.2, -0.15) is 0 Å². The first-order valence-electron chi connectivity index (χ1n) is 15.0. The van der Waals surface area contributed by atoms with Crippen LogP contribution in [0.25, 0.3) is 0 Å². The van der Waals surface area contributed by atoms with E-state index in [2.05, 4.69) is 38.1 Å². The molecule has 44 heavy (non-hydrogen) atoms. The van der Waals surface area contributed by atoms with Gasteiger partial charge in [-0.3, -0.25) is 14.4 Å². The quantitative estimate of drug-likeness (QED) is 0.113. The lowest BCUT2D eigenvalue weighted by Gasteiger charge is -2.37. The average Bonchev–Trinajstić information content (AvgIpc) is 3.02. The van der Waals surface area contributed by atoms with E-state index in [0.717, 1.165) is 47.1 Å². The zero-order chi connectivity index (χ0) is 32.2. The molecular formula is C38H40O6. The Morgan fingerprint density at radius 3 is 1.48 bits per heavy atom. The predicted molar refractivity (Wildman–Crippen MR) is 173 cm³/mol. The van der Waals surface area contributed by atoms with Crippen LogP contribution in [-0.2, 0) is 5.41 Å². The van der Waals surface area contributed by atoms with Crippen LogP contribution < -0.4 is 0 Å². The molecule has 0 bridgehead atoms. The maximum Gasteiger partial charge on any atom is 0.153 e. The molecule has 0 heterocycles. The van der Waals surface area contributed by atoms with Crippen molar-refractivity contribution in [3.05, 3.63) is 122 Å². The van der Waals surface area contributed by atoms with Crippen molar-refractivity contribution in [2.75, 3.05) is 0 Å². The van der Waals surface area contributed by atoms with Crippen molar-refractivity contribution in [2.45, 2.75) is 71.6 Å². The van der Waals surface area contributed by atoms with Crippen molar-refractivity contribution in [3.8, 4) is 17.2 Å². The van der Waals surface area contributed by atoms with Gasteiger partial charge < -0.3 is 15.3 Å². The van der Waals surface area contributed by atoms with Gasteiger partial charge in [0.15, 0.2) is 18.9 Å². The molecule has 228 valence electrons. The van der Waals surface area contributed by atoms with E-state index in [1.807, 2.05) is 18.2 Å². The highest BCUT2D eigenvalue weighted by Gasteiger charge is 2.37. The zero-order valence-electron chi connectivity index (χ0n) is 26.0. The minimum Gasteiger partial charge on any atom is -0.507 e. The SMILES string of the molecule is CCCC(c1ccc(C(CCC)(c2cc(C)c(O)c(C=O)c2)c2cc(C)c(O)c(C=O)c2)cc1)c1cc(C)c(O)c(C=O)c1. The number of hydrogen-bond acceptors (Lipinski definition) is 6. The van der Waals surface area contributed by atoms with Crippen LogP contribution in [0.1, 0.15) is 121 Å². The van der Waals surface area contributed by atoms with Crippen molar-refractivity contribution < 1.29 is 29.7 Å². The van der Waals surface area contributed by atoms with Gasteiger partial charge in [0.05, 0.1) is 16.7 Å². The van der Waals surface area contributed by atoms with Gasteiger partial charge in [0.2, 0.25) is 0 Å². The first kappa shape index (κ1) is 32.2. The average molecular weight is 593 g/mol. The molecule has 0 radical (unpaired) electrons. The van der Waals surface area contributed by atoms with E-state index in [-0.39, 0.29) is 39.9 Å². The monoisotopic (exact) mass is 592 g/mol. The molecule has 0 saturated heterocycles. The Balaban J connectivity index is 2.00. The van der Waals surface area contributed by atoms with Crippen LogP contribution in [0.2, 0.25) is 0 Å². The summed E-state index contributed by atoms with van der Waals surface area (Å²) in [6.45, 7) is 9.48. The molecule has 6 heteroatoms. The second-order valence-corrected chi connectivity index (χ2v) is 11.7. The summed E-state index contributed by atoms with van der Waals surface area (Å²) >= 11 is 0. The van der Waals surface area contributed by atoms with Crippen molar-refractivity contribution in [1.82, 2.24) is 0 Å². The number of rotatable bonds is 12. The number of aromatic hydroxyl groups is 3. The minimum absolute atomic E-state index is 0.00327. The molecule has 0 aliphatic carbocycles. The molecule has 0 amide bonds. The minimum atomic E-state index is -0.820. The van der Waals surface area contributed by atoms with Gasteiger partial charge in [-0.1, -0.05) is 69.2 Å². The smallest absolute Gasteiger partial charge is 0.153 e. The van der Waals surface area contributed by atoms with Crippen LogP contribution in [0.4, 0.5) is 0 Å². The summed E-state index contributed by atoms with van der Waals surface area (Å²) in [6.07, 6.45) is 5.09. The molecular weight excluding hydrogens is 552 g/mol. The summed E-state index contributed by atoms with van der Waals surface area (Å²) in [5.41, 5.74) is 6.09. The fourth-order valence-corrected chi connectivity index (χ4v) is 6.54. The normalized spacial score (nSPS) is 12.1. The largest absolute Gasteiger partial charge is 0.507 e. The molecule has 0 saturated carbocycles. The third kappa shape index (κ3) is 5.77. The summed E-state index contributed by atoms with van der Waals surface area (Å²) in [7, 11) is 0. The molecule has 0 aliphatic heterocycles. The van der Waals surface area contributed by atoms with Crippen molar-refractivity contribution in [1.29, 1.82) is 0 Å². The van der Waals surface area contributed by atoms with Gasteiger partial charge in [0.25, 0.3) is 0 Å². The molecule has 3 N–H and O–H groups in total. The number of phenols is 3. The van der Waals surface area contributed by atoms with E-state index >= 15 is 0 Å². The molecule has 0 fully saturated rings. The fourth-order valence-electron chi connectivity index (χ4n) is 6.54. The standard InChI is InChI=1S/C38H40O6/c1-6-8-34(27-14-23(3)35(42)28(17-27)20-39)26-9-11-31(12-10-26)38(13-7-2,32-15-24(4)36(43)29(18-32)21-40)33-16-25(5)37(44)30(19-33)22-41/h9-12,14-22,34,42-44H,6-8,13H2,1-5H3. The lowest BCUT2D eigenvalue weighted by atomic mass is 9.65. The number of aryl methyl sites for hydroxylation is 3. The van der Waals surface area contributed by atoms with Gasteiger partial charge in [-0.15, -0.1) is 0 Å². The Morgan fingerprint density at radius 2 is 1.05 bits per heavy atom. The number of hydrogen-bond donors (Lipinski definition) is 3. The number of carbonyl (C=O) groups is 3. The van der Waals surface area contributed by atoms with E-state index in [1.54, 1.807) is 39.0 Å². The van der Waals surface area contributed by atoms with Crippen LogP contribution in [0, 0.1) is 20.8 Å². The number of phenolic OH excluding ortho intramolecular Hbond substituents is 3. The fraction of sp³-hybridized carbons (Fsp3) is 0.289. The third-order valence-electron chi connectivity index (χ3n) is 8.79. The van der Waals surface area contributed by atoms with E-state index in [9.17, 15) is 29.7 Å². The molecule has 4 rings (SSSR count). The van der Waals surface area contributed by atoms with Crippen LogP contribution >= 0.6 is 0 Å². The molecule has 0 aromatic heterocycles. The number of aldehydes is 3. The van der Waals surface area contributed by atoms with Gasteiger partial charge >= 0.3 is 0 Å². The lowest BCUT2D eigenvalue weighted by Crippen LogP contribution is -2.30. The molecule has 0 spiro atoms. The molecule has 4 aromatic carbocycles. The van der Waals surface area contributed by atoms with Crippen LogP contribution in [0.15, 0.2) is 60.7 Å². The van der Waals surface area contributed by atoms with Crippen molar-refractivity contribution >= 4 is 18.9 Å². The Bertz CT molecular complexity index is 1640. The summed E-state index contributed by atoms with van der Waals surface area (Å²) in [6, 6.07) is 19.1. The Hall–Kier alpha value is -4.71. The first-order chi connectivity index (χ1) is 21.1. The molecule has 1 unspecified atom stereocenters. The highest BCUT2D eigenvalue weighted by Crippen LogP contribution is 2.47. The topological polar surface area (TPSA) is 112 Å².